The number of anilines is 1. The molecule has 1 aliphatic rings. The lowest BCUT2D eigenvalue weighted by Gasteiger charge is -2.12. The van der Waals surface area contributed by atoms with Gasteiger partial charge in [-0.15, -0.1) is 0 Å². The van der Waals surface area contributed by atoms with Crippen molar-refractivity contribution in [2.75, 3.05) is 25.2 Å². The fraction of sp³-hybridized carbons (Fsp3) is 0.231. The highest BCUT2D eigenvalue weighted by atomic mass is 16.6. The molecular weight excluding hydrogens is 248 g/mol. The molecule has 1 aliphatic heterocycles. The summed E-state index contributed by atoms with van der Waals surface area (Å²) < 4.78 is 9.70. The summed E-state index contributed by atoms with van der Waals surface area (Å²) in [6, 6.07) is 7.33. The van der Waals surface area contributed by atoms with E-state index in [2.05, 4.69) is 4.98 Å². The van der Waals surface area contributed by atoms with Gasteiger partial charge in [-0.05, 0) is 6.07 Å². The van der Waals surface area contributed by atoms with E-state index in [0.29, 0.717) is 24.5 Å². The third-order valence-corrected chi connectivity index (χ3v) is 3.11. The molecule has 0 saturated carbocycles. The van der Waals surface area contributed by atoms with E-state index in [1.165, 1.54) is 12.0 Å². The van der Waals surface area contributed by atoms with Crippen molar-refractivity contribution in [3.63, 3.8) is 0 Å². The van der Waals surface area contributed by atoms with Gasteiger partial charge in [0.25, 0.3) is 0 Å². The van der Waals surface area contributed by atoms with Crippen LogP contribution >= 0.6 is 0 Å². The van der Waals surface area contributed by atoms with Gasteiger partial charge in [0, 0.05) is 10.9 Å². The van der Waals surface area contributed by atoms with Crippen LogP contribution < -0.4 is 4.90 Å². The maximum atomic E-state index is 12.0. The minimum atomic E-state index is -0.479. The largest absolute Gasteiger partial charge is 0.465 e. The summed E-state index contributed by atoms with van der Waals surface area (Å²) >= 11 is 0. The summed E-state index contributed by atoms with van der Waals surface area (Å²) in [7, 11) is 1.32. The summed E-state index contributed by atoms with van der Waals surface area (Å²) in [5.41, 5.74) is 1.13. The Morgan fingerprint density at radius 3 is 2.89 bits per heavy atom. The molecule has 0 bridgehead atoms. The predicted octanol–water partition coefficient (Wildman–Crippen LogP) is 1.91. The molecule has 0 spiro atoms. The van der Waals surface area contributed by atoms with E-state index in [1.807, 2.05) is 24.3 Å². The van der Waals surface area contributed by atoms with Gasteiger partial charge in [0.15, 0.2) is 0 Å². The number of hydrogen-bond acceptors (Lipinski definition) is 4. The van der Waals surface area contributed by atoms with Crippen molar-refractivity contribution in [3.05, 3.63) is 29.8 Å². The number of cyclic esters (lactones) is 1. The molecule has 2 heterocycles. The molecule has 3 rings (SSSR count). The number of hydrogen-bond donors (Lipinski definition) is 1. The molecule has 0 aliphatic carbocycles. The number of amides is 1. The average molecular weight is 260 g/mol. The Morgan fingerprint density at radius 2 is 2.21 bits per heavy atom. The Labute approximate surface area is 108 Å². The van der Waals surface area contributed by atoms with Crippen molar-refractivity contribution in [2.24, 2.45) is 0 Å². The molecule has 98 valence electrons. The van der Waals surface area contributed by atoms with Crippen molar-refractivity contribution in [1.29, 1.82) is 0 Å². The summed E-state index contributed by atoms with van der Waals surface area (Å²) in [5.74, 6) is -0.0531. The van der Waals surface area contributed by atoms with E-state index >= 15 is 0 Å². The molecule has 1 aromatic heterocycles. The van der Waals surface area contributed by atoms with Gasteiger partial charge in [0.2, 0.25) is 0 Å². The lowest BCUT2D eigenvalue weighted by molar-refractivity contribution is 0.0604. The molecule has 1 saturated heterocycles. The maximum absolute atomic E-state index is 12.0. The number of aromatic nitrogens is 1. The first-order valence-corrected chi connectivity index (χ1v) is 5.85. The summed E-state index contributed by atoms with van der Waals surface area (Å²) in [5, 5.41) is 0.726. The van der Waals surface area contributed by atoms with Gasteiger partial charge in [-0.3, -0.25) is 4.90 Å². The van der Waals surface area contributed by atoms with E-state index in [9.17, 15) is 9.59 Å². The van der Waals surface area contributed by atoms with E-state index in [0.717, 1.165) is 10.9 Å². The van der Waals surface area contributed by atoms with E-state index in [4.69, 9.17) is 9.47 Å². The fourth-order valence-electron chi connectivity index (χ4n) is 2.24. The average Bonchev–Trinajstić information content (AvgIpc) is 3.00. The van der Waals surface area contributed by atoms with Gasteiger partial charge in [0.1, 0.15) is 18.0 Å². The number of esters is 1. The smallest absolute Gasteiger partial charge is 0.415 e. The normalized spacial score (nSPS) is 14.8. The number of rotatable bonds is 2. The van der Waals surface area contributed by atoms with Crippen LogP contribution in [0.1, 0.15) is 10.4 Å². The number of carbonyl (C=O) groups is 2. The molecule has 6 nitrogen and oxygen atoms in total. The van der Waals surface area contributed by atoms with Crippen molar-refractivity contribution in [3.8, 4) is 0 Å². The Morgan fingerprint density at radius 1 is 1.42 bits per heavy atom. The zero-order valence-electron chi connectivity index (χ0n) is 10.3. The Bertz CT molecular complexity index is 662. The monoisotopic (exact) mass is 260 g/mol. The second kappa shape index (κ2) is 4.31. The third-order valence-electron chi connectivity index (χ3n) is 3.11. The molecule has 1 aromatic carbocycles. The lowest BCUT2D eigenvalue weighted by Crippen LogP contribution is -2.25. The predicted molar refractivity (Wildman–Crippen MR) is 68.3 cm³/mol. The number of fused-ring (bicyclic) bond motifs is 1. The molecule has 2 aromatic rings. The van der Waals surface area contributed by atoms with Gasteiger partial charge >= 0.3 is 12.1 Å². The Hall–Kier alpha value is -2.50. The highest BCUT2D eigenvalue weighted by Crippen LogP contribution is 2.31. The molecule has 1 N–H and O–H groups in total. The third kappa shape index (κ3) is 1.72. The number of ether oxygens (including phenoxy) is 2. The minimum Gasteiger partial charge on any atom is -0.465 e. The Balaban J connectivity index is 2.22. The molecule has 19 heavy (non-hydrogen) atoms. The van der Waals surface area contributed by atoms with Gasteiger partial charge in [-0.1, -0.05) is 18.2 Å². The molecule has 0 unspecified atom stereocenters. The van der Waals surface area contributed by atoms with Gasteiger partial charge < -0.3 is 14.5 Å². The van der Waals surface area contributed by atoms with Crippen LogP contribution in [0.5, 0.6) is 0 Å². The summed E-state index contributed by atoms with van der Waals surface area (Å²) in [6.07, 6.45) is -0.461. The second-order valence-corrected chi connectivity index (χ2v) is 4.15. The van der Waals surface area contributed by atoms with Gasteiger partial charge in [-0.2, -0.15) is 0 Å². The van der Waals surface area contributed by atoms with E-state index < -0.39 is 12.1 Å². The number of nitrogens with zero attached hydrogens (tertiary/aromatic N) is 1. The number of aromatic amines is 1. The Kier molecular flexibility index (Phi) is 2.63. The van der Waals surface area contributed by atoms with Crippen LogP contribution in [0.2, 0.25) is 0 Å². The number of methoxy groups -OCH3 is 1. The van der Waals surface area contributed by atoms with Crippen LogP contribution in [0, 0.1) is 0 Å². The highest BCUT2D eigenvalue weighted by Gasteiger charge is 2.31. The first-order valence-electron chi connectivity index (χ1n) is 5.85. The molecular formula is C13H12N2O4. The molecule has 0 radical (unpaired) electrons. The van der Waals surface area contributed by atoms with Crippen LogP contribution in [-0.2, 0) is 9.47 Å². The first kappa shape index (κ1) is 11.6. The van der Waals surface area contributed by atoms with Gasteiger partial charge in [0.05, 0.1) is 13.7 Å². The fourth-order valence-corrected chi connectivity index (χ4v) is 2.24. The van der Waals surface area contributed by atoms with Crippen LogP contribution in [-0.4, -0.2) is 37.3 Å². The molecule has 1 amide bonds. The van der Waals surface area contributed by atoms with Crippen LogP contribution in [0.4, 0.5) is 10.6 Å². The number of benzene rings is 1. The topological polar surface area (TPSA) is 71.6 Å². The summed E-state index contributed by atoms with van der Waals surface area (Å²) in [6.45, 7) is 0.727. The SMILES string of the molecule is COC(=O)c1c(N2CCOC2=O)[nH]c2ccccc12. The van der Waals surface area contributed by atoms with Crippen LogP contribution in [0.15, 0.2) is 24.3 Å². The minimum absolute atomic E-state index is 0.314. The molecule has 1 fully saturated rings. The van der Waals surface area contributed by atoms with Crippen molar-refractivity contribution in [2.45, 2.75) is 0 Å². The summed E-state index contributed by atoms with van der Waals surface area (Å²) in [4.78, 5) is 28.1. The molecule has 6 heteroatoms. The number of carbonyl (C=O) groups excluding carboxylic acids is 2. The number of H-pyrrole nitrogens is 1. The zero-order valence-corrected chi connectivity index (χ0v) is 10.3. The van der Waals surface area contributed by atoms with Crippen molar-refractivity contribution >= 4 is 28.8 Å². The lowest BCUT2D eigenvalue weighted by atomic mass is 10.1. The number of nitrogens with one attached hydrogen (secondary N) is 1. The highest BCUT2D eigenvalue weighted by molar-refractivity contribution is 6.11. The standard InChI is InChI=1S/C13H12N2O4/c1-18-12(16)10-8-4-2-3-5-9(8)14-11(10)15-6-7-19-13(15)17/h2-5,14H,6-7H2,1H3. The van der Waals surface area contributed by atoms with Crippen molar-refractivity contribution < 1.29 is 19.1 Å². The quantitative estimate of drug-likeness (QED) is 0.837. The zero-order chi connectivity index (χ0) is 13.4. The van der Waals surface area contributed by atoms with Crippen molar-refractivity contribution in [1.82, 2.24) is 4.98 Å². The van der Waals surface area contributed by atoms with E-state index in [-0.39, 0.29) is 0 Å². The first-order chi connectivity index (χ1) is 9.22. The van der Waals surface area contributed by atoms with Crippen LogP contribution in [0.3, 0.4) is 0 Å². The number of para-hydroxylation sites is 1. The maximum Gasteiger partial charge on any atom is 0.415 e. The second-order valence-electron chi connectivity index (χ2n) is 4.15. The van der Waals surface area contributed by atoms with Gasteiger partial charge in [-0.25, -0.2) is 9.59 Å². The van der Waals surface area contributed by atoms with E-state index in [1.54, 1.807) is 0 Å². The van der Waals surface area contributed by atoms with Crippen LogP contribution in [0.25, 0.3) is 10.9 Å². The molecule has 0 atom stereocenters.